The molecule has 1 aromatic carbocycles. The molecular weight excluding hydrogens is 346 g/mol. The second kappa shape index (κ2) is 8.11. The number of ether oxygens (including phenoxy) is 1. The molecule has 2 aromatic rings. The van der Waals surface area contributed by atoms with Gasteiger partial charge in [-0.15, -0.1) is 0 Å². The predicted molar refractivity (Wildman–Crippen MR) is 96.2 cm³/mol. The number of benzene rings is 1. The number of rotatable bonds is 8. The Morgan fingerprint density at radius 1 is 1.29 bits per heavy atom. The molecule has 132 valence electrons. The number of aliphatic hydroxyl groups excluding tert-OH is 1. The Kier molecular flexibility index (Phi) is 6.40. The third kappa shape index (κ3) is 4.57. The van der Waals surface area contributed by atoms with Gasteiger partial charge in [0.15, 0.2) is 0 Å². The van der Waals surface area contributed by atoms with E-state index in [2.05, 4.69) is 4.72 Å². The van der Waals surface area contributed by atoms with Gasteiger partial charge in [0.25, 0.3) is 0 Å². The minimum Gasteiger partial charge on any atom is -0.493 e. The lowest BCUT2D eigenvalue weighted by atomic mass is 10.1. The summed E-state index contributed by atoms with van der Waals surface area (Å²) in [5.41, 5.74) is 2.39. The van der Waals surface area contributed by atoms with E-state index in [-0.39, 0.29) is 11.4 Å². The van der Waals surface area contributed by atoms with E-state index in [1.54, 1.807) is 12.1 Å². The first-order chi connectivity index (χ1) is 11.3. The summed E-state index contributed by atoms with van der Waals surface area (Å²) >= 11 is 1.50. The van der Waals surface area contributed by atoms with E-state index >= 15 is 0 Å². The van der Waals surface area contributed by atoms with Gasteiger partial charge in [0.2, 0.25) is 10.0 Å². The van der Waals surface area contributed by atoms with Gasteiger partial charge in [-0.3, -0.25) is 0 Å². The fourth-order valence-electron chi connectivity index (χ4n) is 2.48. The van der Waals surface area contributed by atoms with E-state index in [4.69, 9.17) is 4.74 Å². The van der Waals surface area contributed by atoms with Crippen molar-refractivity contribution in [1.82, 2.24) is 4.72 Å². The third-order valence-corrected chi connectivity index (χ3v) is 5.81. The van der Waals surface area contributed by atoms with Crippen molar-refractivity contribution in [2.24, 2.45) is 0 Å². The van der Waals surface area contributed by atoms with Gasteiger partial charge in [0, 0.05) is 6.54 Å². The average molecular weight is 370 g/mol. The molecule has 0 saturated heterocycles. The van der Waals surface area contributed by atoms with Crippen molar-refractivity contribution < 1.29 is 18.3 Å². The number of sulfonamides is 1. The molecule has 7 heteroatoms. The summed E-state index contributed by atoms with van der Waals surface area (Å²) in [6.45, 7) is 6.26. The number of nitrogens with one attached hydrogen (secondary N) is 1. The number of aryl methyl sites for hydroxylation is 2. The standard InChI is InChI=1S/C17H23NO4S2/c1-4-22-17-12(2)9-15(10-13(17)3)24(20,21)18-7-5-16(19)14-6-8-23-11-14/h6,8-11,16,18-19H,4-5,7H2,1-3H3. The summed E-state index contributed by atoms with van der Waals surface area (Å²) in [6, 6.07) is 5.05. The first-order valence-electron chi connectivity index (χ1n) is 7.79. The average Bonchev–Trinajstić information content (AvgIpc) is 3.05. The topological polar surface area (TPSA) is 75.6 Å². The van der Waals surface area contributed by atoms with Crippen molar-refractivity contribution in [1.29, 1.82) is 0 Å². The molecule has 24 heavy (non-hydrogen) atoms. The normalized spacial score (nSPS) is 13.0. The van der Waals surface area contributed by atoms with Gasteiger partial charge in [0.05, 0.1) is 17.6 Å². The summed E-state index contributed by atoms with van der Waals surface area (Å²) in [5, 5.41) is 13.8. The molecule has 1 unspecified atom stereocenters. The molecule has 2 N–H and O–H groups in total. The number of hydrogen-bond donors (Lipinski definition) is 2. The molecule has 1 atom stereocenters. The monoisotopic (exact) mass is 369 g/mol. The maximum atomic E-state index is 12.4. The second-order valence-electron chi connectivity index (χ2n) is 5.58. The molecular formula is C17H23NO4S2. The zero-order valence-corrected chi connectivity index (χ0v) is 15.7. The fourth-order valence-corrected chi connectivity index (χ4v) is 4.41. The Morgan fingerprint density at radius 2 is 1.96 bits per heavy atom. The lowest BCUT2D eigenvalue weighted by molar-refractivity contribution is 0.169. The molecule has 0 spiro atoms. The molecule has 5 nitrogen and oxygen atoms in total. The lowest BCUT2D eigenvalue weighted by Crippen LogP contribution is -2.26. The third-order valence-electron chi connectivity index (χ3n) is 3.67. The van der Waals surface area contributed by atoms with Crippen LogP contribution in [0.15, 0.2) is 33.9 Å². The van der Waals surface area contributed by atoms with Gasteiger partial charge in [0.1, 0.15) is 5.75 Å². The number of thiophene rings is 1. The van der Waals surface area contributed by atoms with Crippen molar-refractivity contribution in [3.05, 3.63) is 45.6 Å². The van der Waals surface area contributed by atoms with E-state index < -0.39 is 16.1 Å². The van der Waals surface area contributed by atoms with Crippen LogP contribution in [0, 0.1) is 13.8 Å². The fraction of sp³-hybridized carbons (Fsp3) is 0.412. The summed E-state index contributed by atoms with van der Waals surface area (Å²) in [5.74, 6) is 0.726. The zero-order valence-electron chi connectivity index (χ0n) is 14.1. The van der Waals surface area contributed by atoms with E-state index in [0.29, 0.717) is 13.0 Å². The molecule has 0 aliphatic carbocycles. The van der Waals surface area contributed by atoms with Gasteiger partial charge >= 0.3 is 0 Å². The minimum atomic E-state index is -3.62. The molecule has 0 bridgehead atoms. The molecule has 1 aromatic heterocycles. The molecule has 0 aliphatic rings. The second-order valence-corrected chi connectivity index (χ2v) is 8.13. The minimum absolute atomic E-state index is 0.171. The molecule has 0 fully saturated rings. The maximum Gasteiger partial charge on any atom is 0.240 e. The summed E-state index contributed by atoms with van der Waals surface area (Å²) < 4.78 is 33.0. The van der Waals surface area contributed by atoms with Crippen LogP contribution >= 0.6 is 11.3 Å². The van der Waals surface area contributed by atoms with Crippen molar-refractivity contribution in [3.8, 4) is 5.75 Å². The van der Waals surface area contributed by atoms with Crippen molar-refractivity contribution in [3.63, 3.8) is 0 Å². The largest absolute Gasteiger partial charge is 0.493 e. The van der Waals surface area contributed by atoms with Gasteiger partial charge in [-0.25, -0.2) is 13.1 Å². The highest BCUT2D eigenvalue weighted by atomic mass is 32.2. The summed E-state index contributed by atoms with van der Waals surface area (Å²) in [4.78, 5) is 0.214. The SMILES string of the molecule is CCOc1c(C)cc(S(=O)(=O)NCCC(O)c2ccsc2)cc1C. The van der Waals surface area contributed by atoms with E-state index in [9.17, 15) is 13.5 Å². The van der Waals surface area contributed by atoms with Crippen LogP contribution in [0.5, 0.6) is 5.75 Å². The van der Waals surface area contributed by atoms with Gasteiger partial charge in [-0.2, -0.15) is 11.3 Å². The van der Waals surface area contributed by atoms with Crippen LogP contribution in [0.2, 0.25) is 0 Å². The van der Waals surface area contributed by atoms with E-state index in [1.165, 1.54) is 11.3 Å². The number of hydrogen-bond acceptors (Lipinski definition) is 5. The van der Waals surface area contributed by atoms with E-state index in [1.807, 2.05) is 37.6 Å². The van der Waals surface area contributed by atoms with Crippen LogP contribution in [0.25, 0.3) is 0 Å². The molecule has 2 rings (SSSR count). The van der Waals surface area contributed by atoms with Gasteiger partial charge in [-0.05, 0) is 72.8 Å². The Balaban J connectivity index is 2.05. The Morgan fingerprint density at radius 3 is 2.50 bits per heavy atom. The smallest absolute Gasteiger partial charge is 0.240 e. The first-order valence-corrected chi connectivity index (χ1v) is 10.2. The maximum absolute atomic E-state index is 12.4. The molecule has 0 aliphatic heterocycles. The Labute approximate surface area is 147 Å². The molecule has 1 heterocycles. The lowest BCUT2D eigenvalue weighted by Gasteiger charge is -2.14. The van der Waals surface area contributed by atoms with Crippen LogP contribution in [0.3, 0.4) is 0 Å². The van der Waals surface area contributed by atoms with Crippen LogP contribution in [-0.4, -0.2) is 26.7 Å². The van der Waals surface area contributed by atoms with Crippen molar-refractivity contribution >= 4 is 21.4 Å². The Bertz CT molecular complexity index is 747. The number of aliphatic hydroxyl groups is 1. The van der Waals surface area contributed by atoms with Crippen LogP contribution in [-0.2, 0) is 10.0 Å². The van der Waals surface area contributed by atoms with Crippen molar-refractivity contribution in [2.75, 3.05) is 13.2 Å². The highest BCUT2D eigenvalue weighted by Crippen LogP contribution is 2.27. The van der Waals surface area contributed by atoms with Crippen molar-refractivity contribution in [2.45, 2.75) is 38.2 Å². The van der Waals surface area contributed by atoms with Gasteiger partial charge in [-0.1, -0.05) is 0 Å². The first kappa shape index (κ1) is 18.9. The predicted octanol–water partition coefficient (Wildman–Crippen LogP) is 3.17. The highest BCUT2D eigenvalue weighted by molar-refractivity contribution is 7.89. The van der Waals surface area contributed by atoms with Crippen LogP contribution in [0.1, 0.15) is 36.1 Å². The molecule has 0 saturated carbocycles. The Hall–Kier alpha value is -1.41. The van der Waals surface area contributed by atoms with E-state index in [0.717, 1.165) is 22.4 Å². The molecule has 0 amide bonds. The highest BCUT2D eigenvalue weighted by Gasteiger charge is 2.18. The van der Waals surface area contributed by atoms with Gasteiger partial charge < -0.3 is 9.84 Å². The summed E-state index contributed by atoms with van der Waals surface area (Å²) in [7, 11) is -3.62. The molecule has 0 radical (unpaired) electrons. The summed E-state index contributed by atoms with van der Waals surface area (Å²) in [6.07, 6.45) is -0.340. The van der Waals surface area contributed by atoms with Crippen LogP contribution in [0.4, 0.5) is 0 Å². The van der Waals surface area contributed by atoms with Crippen LogP contribution < -0.4 is 9.46 Å². The zero-order chi connectivity index (χ0) is 17.7. The quantitative estimate of drug-likeness (QED) is 0.749.